The number of piperidine rings is 1. The number of aryl methyl sites for hydroxylation is 2. The minimum atomic E-state index is 0.0454. The molecule has 2 fully saturated rings. The third-order valence-electron chi connectivity index (χ3n) is 6.69. The molecule has 5 heteroatoms. The zero-order valence-corrected chi connectivity index (χ0v) is 16.3. The minimum Gasteiger partial charge on any atom is -0.381 e. The highest BCUT2D eigenvalue weighted by Crippen LogP contribution is 2.31. The van der Waals surface area contributed by atoms with Crippen LogP contribution in [0.2, 0.25) is 0 Å². The zero-order valence-electron chi connectivity index (χ0n) is 16.3. The number of H-pyrrole nitrogens is 1. The maximum absolute atomic E-state index is 12.6. The van der Waals surface area contributed by atoms with Crippen molar-refractivity contribution in [3.05, 3.63) is 33.7 Å². The summed E-state index contributed by atoms with van der Waals surface area (Å²) in [5.41, 5.74) is 4.56. The number of aromatic nitrogens is 2. The van der Waals surface area contributed by atoms with E-state index < -0.39 is 0 Å². The highest BCUT2D eigenvalue weighted by molar-refractivity contribution is 5.77. The Morgan fingerprint density at radius 1 is 0.962 bits per heavy atom. The second kappa shape index (κ2) is 7.20. The smallest absolute Gasteiger partial charge is 0.326 e. The van der Waals surface area contributed by atoms with Crippen molar-refractivity contribution in [1.29, 1.82) is 0 Å². The summed E-state index contributed by atoms with van der Waals surface area (Å²) >= 11 is 0. The Hall–Kier alpha value is -1.59. The summed E-state index contributed by atoms with van der Waals surface area (Å²) in [6.45, 7) is 6.41. The van der Waals surface area contributed by atoms with Gasteiger partial charge in [0.2, 0.25) is 0 Å². The van der Waals surface area contributed by atoms with Gasteiger partial charge in [0.15, 0.2) is 0 Å². The first-order valence-electron chi connectivity index (χ1n) is 10.0. The summed E-state index contributed by atoms with van der Waals surface area (Å²) in [4.78, 5) is 18.3. The SMILES string of the molecule is CO[C@H]1CC[C@H](N2CCC(n3c(=O)[nH]c4cc(C)c(C)cc43)CC2)CC1. The number of rotatable bonds is 3. The number of methoxy groups -OCH3 is 1. The van der Waals surface area contributed by atoms with Crippen LogP contribution in [0, 0.1) is 13.8 Å². The molecule has 0 bridgehead atoms. The largest absolute Gasteiger partial charge is 0.381 e. The molecule has 1 aliphatic carbocycles. The van der Waals surface area contributed by atoms with Crippen molar-refractivity contribution in [3.8, 4) is 0 Å². The lowest BCUT2D eigenvalue weighted by molar-refractivity contribution is 0.0296. The zero-order chi connectivity index (χ0) is 18.3. The third kappa shape index (κ3) is 3.23. The van der Waals surface area contributed by atoms with Crippen molar-refractivity contribution in [3.63, 3.8) is 0 Å². The van der Waals surface area contributed by atoms with Gasteiger partial charge >= 0.3 is 5.69 Å². The number of nitrogens with one attached hydrogen (secondary N) is 1. The maximum Gasteiger partial charge on any atom is 0.326 e. The summed E-state index contributed by atoms with van der Waals surface area (Å²) < 4.78 is 7.52. The first-order valence-corrected chi connectivity index (χ1v) is 10.0. The van der Waals surface area contributed by atoms with Crippen molar-refractivity contribution < 1.29 is 4.74 Å². The molecule has 1 aromatic heterocycles. The normalized spacial score (nSPS) is 25.8. The molecule has 5 nitrogen and oxygen atoms in total. The van der Waals surface area contributed by atoms with Gasteiger partial charge in [-0.15, -0.1) is 0 Å². The standard InChI is InChI=1S/C21H31N3O2/c1-14-12-19-20(13-15(14)2)24(21(25)22-19)17-8-10-23(11-9-17)16-4-6-18(26-3)7-5-16/h12-13,16-18H,4-11H2,1-3H3,(H,22,25)/t16-,18-. The highest BCUT2D eigenvalue weighted by Gasteiger charge is 2.30. The Kier molecular flexibility index (Phi) is 4.93. The van der Waals surface area contributed by atoms with Crippen molar-refractivity contribution >= 4 is 11.0 Å². The molecule has 2 heterocycles. The van der Waals surface area contributed by atoms with Crippen molar-refractivity contribution in [2.75, 3.05) is 20.2 Å². The van der Waals surface area contributed by atoms with Gasteiger partial charge in [0.1, 0.15) is 0 Å². The molecule has 0 radical (unpaired) electrons. The Balaban J connectivity index is 1.47. The van der Waals surface area contributed by atoms with Crippen LogP contribution in [0.4, 0.5) is 0 Å². The highest BCUT2D eigenvalue weighted by atomic mass is 16.5. The molecule has 1 saturated carbocycles. The van der Waals surface area contributed by atoms with Gasteiger partial charge in [-0.3, -0.25) is 4.57 Å². The summed E-state index contributed by atoms with van der Waals surface area (Å²) in [6, 6.07) is 5.28. The Bertz CT molecular complexity index is 822. The number of hydrogen-bond donors (Lipinski definition) is 1. The van der Waals surface area contributed by atoms with E-state index in [1.165, 1.54) is 36.8 Å². The van der Waals surface area contributed by atoms with Gasteiger partial charge in [0.25, 0.3) is 0 Å². The van der Waals surface area contributed by atoms with Gasteiger partial charge in [-0.2, -0.15) is 0 Å². The van der Waals surface area contributed by atoms with Crippen LogP contribution in [0.1, 0.15) is 55.7 Å². The van der Waals surface area contributed by atoms with Crippen LogP contribution in [0.5, 0.6) is 0 Å². The van der Waals surface area contributed by atoms with Crippen LogP contribution >= 0.6 is 0 Å². The molecule has 1 N–H and O–H groups in total. The second-order valence-electron chi connectivity index (χ2n) is 8.19. The number of aromatic amines is 1. The van der Waals surface area contributed by atoms with Crippen molar-refractivity contribution in [2.24, 2.45) is 0 Å². The monoisotopic (exact) mass is 357 g/mol. The molecule has 0 amide bonds. The third-order valence-corrected chi connectivity index (χ3v) is 6.69. The van der Waals surface area contributed by atoms with E-state index in [2.05, 4.69) is 35.9 Å². The predicted molar refractivity (Wildman–Crippen MR) is 105 cm³/mol. The minimum absolute atomic E-state index is 0.0454. The van der Waals surface area contributed by atoms with Gasteiger partial charge in [-0.25, -0.2) is 4.79 Å². The molecule has 142 valence electrons. The van der Waals surface area contributed by atoms with Crippen molar-refractivity contribution in [1.82, 2.24) is 14.5 Å². The van der Waals surface area contributed by atoms with Crippen LogP contribution in [-0.2, 0) is 4.74 Å². The fourth-order valence-electron chi connectivity index (χ4n) is 4.90. The average Bonchev–Trinajstić information content (AvgIpc) is 2.97. The van der Waals surface area contributed by atoms with Gasteiger partial charge in [-0.05, 0) is 75.6 Å². The lowest BCUT2D eigenvalue weighted by Gasteiger charge is -2.40. The van der Waals surface area contributed by atoms with Gasteiger partial charge in [0, 0.05) is 32.3 Å². The molecule has 0 unspecified atom stereocenters. The summed E-state index contributed by atoms with van der Waals surface area (Å²) in [5.74, 6) is 0. The van der Waals surface area contributed by atoms with Crippen LogP contribution in [0.3, 0.4) is 0 Å². The van der Waals surface area contributed by atoms with E-state index in [1.54, 1.807) is 0 Å². The first kappa shape index (κ1) is 17.8. The summed E-state index contributed by atoms with van der Waals surface area (Å²) in [7, 11) is 1.83. The lowest BCUT2D eigenvalue weighted by Crippen LogP contribution is -2.45. The molecule has 0 spiro atoms. The van der Waals surface area contributed by atoms with E-state index in [4.69, 9.17) is 4.74 Å². The van der Waals surface area contributed by atoms with Gasteiger partial charge < -0.3 is 14.6 Å². The molecular formula is C21H31N3O2. The summed E-state index contributed by atoms with van der Waals surface area (Å²) in [5, 5.41) is 0. The summed E-state index contributed by atoms with van der Waals surface area (Å²) in [6.07, 6.45) is 7.43. The van der Waals surface area contributed by atoms with E-state index in [9.17, 15) is 4.79 Å². The fourth-order valence-corrected chi connectivity index (χ4v) is 4.90. The molecule has 2 aliphatic rings. The predicted octanol–water partition coefficient (Wildman–Crippen LogP) is 3.54. The number of fused-ring (bicyclic) bond motifs is 1. The van der Waals surface area contributed by atoms with E-state index in [0.717, 1.165) is 37.0 Å². The van der Waals surface area contributed by atoms with Crippen LogP contribution in [-0.4, -0.2) is 46.8 Å². The number of ether oxygens (including phenoxy) is 1. The molecule has 26 heavy (non-hydrogen) atoms. The van der Waals surface area contributed by atoms with Crippen molar-refractivity contribution in [2.45, 2.75) is 70.6 Å². The maximum atomic E-state index is 12.6. The Labute approximate surface area is 155 Å². The number of imidazole rings is 1. The van der Waals surface area contributed by atoms with E-state index in [1.807, 2.05) is 11.7 Å². The van der Waals surface area contributed by atoms with Gasteiger partial charge in [0.05, 0.1) is 17.1 Å². The molecule has 1 aromatic carbocycles. The van der Waals surface area contributed by atoms with Gasteiger partial charge in [-0.1, -0.05) is 0 Å². The quantitative estimate of drug-likeness (QED) is 0.914. The van der Waals surface area contributed by atoms with Crippen LogP contribution < -0.4 is 5.69 Å². The molecular weight excluding hydrogens is 326 g/mol. The molecule has 2 aromatic rings. The molecule has 1 saturated heterocycles. The van der Waals surface area contributed by atoms with Crippen LogP contribution in [0.25, 0.3) is 11.0 Å². The lowest BCUT2D eigenvalue weighted by atomic mass is 9.90. The Morgan fingerprint density at radius 3 is 2.27 bits per heavy atom. The van der Waals surface area contributed by atoms with E-state index in [-0.39, 0.29) is 5.69 Å². The number of nitrogens with zero attached hydrogens (tertiary/aromatic N) is 2. The number of benzene rings is 1. The molecule has 4 rings (SSSR count). The first-order chi connectivity index (χ1) is 12.6. The fraction of sp³-hybridized carbons (Fsp3) is 0.667. The Morgan fingerprint density at radius 2 is 1.62 bits per heavy atom. The second-order valence-corrected chi connectivity index (χ2v) is 8.19. The average molecular weight is 357 g/mol. The topological polar surface area (TPSA) is 50.3 Å². The molecule has 0 atom stereocenters. The number of hydrogen-bond acceptors (Lipinski definition) is 3. The number of likely N-dealkylation sites (tertiary alicyclic amines) is 1. The van der Waals surface area contributed by atoms with E-state index >= 15 is 0 Å². The van der Waals surface area contributed by atoms with E-state index in [0.29, 0.717) is 18.2 Å². The molecule has 1 aliphatic heterocycles. The van der Waals surface area contributed by atoms with Crippen LogP contribution in [0.15, 0.2) is 16.9 Å².